The van der Waals surface area contributed by atoms with Gasteiger partial charge in [-0.05, 0) is 44.1 Å². The first-order valence-corrected chi connectivity index (χ1v) is 9.10. The first-order chi connectivity index (χ1) is 10.8. The van der Waals surface area contributed by atoms with E-state index in [1.165, 1.54) is 50.6 Å². The van der Waals surface area contributed by atoms with Crippen LogP contribution in [0.1, 0.15) is 50.0 Å². The van der Waals surface area contributed by atoms with Gasteiger partial charge in [-0.1, -0.05) is 30.3 Å². The molecule has 2 aliphatic carbocycles. The van der Waals surface area contributed by atoms with Crippen molar-refractivity contribution in [3.63, 3.8) is 0 Å². The summed E-state index contributed by atoms with van der Waals surface area (Å²) in [6.45, 7) is 2.35. The average Bonchev–Trinajstić information content (AvgIpc) is 3.19. The molecule has 3 N–H and O–H groups in total. The van der Waals surface area contributed by atoms with Crippen molar-refractivity contribution >= 4 is 0 Å². The Bertz CT molecular complexity index is 481. The van der Waals surface area contributed by atoms with Crippen LogP contribution in [0.5, 0.6) is 0 Å². The lowest BCUT2D eigenvalue weighted by Gasteiger charge is -2.35. The molecule has 4 rings (SSSR count). The van der Waals surface area contributed by atoms with E-state index in [-0.39, 0.29) is 0 Å². The van der Waals surface area contributed by atoms with Gasteiger partial charge in [-0.25, -0.2) is 0 Å². The van der Waals surface area contributed by atoms with Crippen molar-refractivity contribution in [2.75, 3.05) is 13.1 Å². The van der Waals surface area contributed by atoms with Crippen molar-refractivity contribution in [3.8, 4) is 0 Å². The van der Waals surface area contributed by atoms with Gasteiger partial charge in [-0.3, -0.25) is 4.90 Å². The number of hydrogen-bond donors (Lipinski definition) is 2. The van der Waals surface area contributed by atoms with E-state index >= 15 is 0 Å². The van der Waals surface area contributed by atoms with E-state index in [9.17, 15) is 0 Å². The molecule has 3 nitrogen and oxygen atoms in total. The number of nitrogens with one attached hydrogen (secondary N) is 1. The van der Waals surface area contributed by atoms with Gasteiger partial charge in [0.05, 0.1) is 0 Å². The molecule has 22 heavy (non-hydrogen) atoms. The van der Waals surface area contributed by atoms with Crippen molar-refractivity contribution in [2.45, 2.75) is 68.6 Å². The highest BCUT2D eigenvalue weighted by atomic mass is 15.2. The maximum absolute atomic E-state index is 6.05. The standard InChI is InChI=1S/C19H29N3/c20-15-10-11-22(13-15)17-8-6-16(7-9-17)21-19-12-18(19)14-4-2-1-3-5-14/h1-5,15-19,21H,6-13,20H2/t15-,16?,17?,18?,19?/m1/s1. The molecule has 0 spiro atoms. The highest BCUT2D eigenvalue weighted by Crippen LogP contribution is 2.41. The van der Waals surface area contributed by atoms with Crippen LogP contribution < -0.4 is 11.1 Å². The quantitative estimate of drug-likeness (QED) is 0.897. The molecule has 3 heteroatoms. The minimum Gasteiger partial charge on any atom is -0.326 e. The van der Waals surface area contributed by atoms with E-state index in [0.717, 1.165) is 30.6 Å². The van der Waals surface area contributed by atoms with Crippen LogP contribution in [-0.2, 0) is 0 Å². The third kappa shape index (κ3) is 3.22. The Balaban J connectivity index is 1.22. The Morgan fingerprint density at radius 3 is 2.45 bits per heavy atom. The maximum Gasteiger partial charge on any atom is 0.0180 e. The van der Waals surface area contributed by atoms with Gasteiger partial charge in [-0.2, -0.15) is 0 Å². The zero-order valence-electron chi connectivity index (χ0n) is 13.5. The number of rotatable bonds is 4. The molecule has 1 aromatic rings. The van der Waals surface area contributed by atoms with Crippen LogP contribution >= 0.6 is 0 Å². The molecule has 0 amide bonds. The molecule has 0 bridgehead atoms. The van der Waals surface area contributed by atoms with E-state index in [0.29, 0.717) is 6.04 Å². The molecule has 2 unspecified atom stereocenters. The van der Waals surface area contributed by atoms with Crippen LogP contribution in [0.25, 0.3) is 0 Å². The summed E-state index contributed by atoms with van der Waals surface area (Å²) in [6.07, 6.45) is 7.91. The monoisotopic (exact) mass is 299 g/mol. The van der Waals surface area contributed by atoms with E-state index in [1.54, 1.807) is 0 Å². The second-order valence-corrected chi connectivity index (χ2v) is 7.58. The second-order valence-electron chi connectivity index (χ2n) is 7.58. The summed E-state index contributed by atoms with van der Waals surface area (Å²) in [4.78, 5) is 2.64. The van der Waals surface area contributed by atoms with Crippen molar-refractivity contribution in [1.29, 1.82) is 0 Å². The zero-order valence-corrected chi connectivity index (χ0v) is 13.5. The van der Waals surface area contributed by atoms with E-state index in [4.69, 9.17) is 5.73 Å². The highest BCUT2D eigenvalue weighted by molar-refractivity contribution is 5.27. The van der Waals surface area contributed by atoms with Gasteiger partial charge in [0.25, 0.3) is 0 Å². The molecule has 1 aromatic carbocycles. The van der Waals surface area contributed by atoms with Crippen molar-refractivity contribution < 1.29 is 0 Å². The van der Waals surface area contributed by atoms with Crippen LogP contribution in [0.15, 0.2) is 30.3 Å². The van der Waals surface area contributed by atoms with Gasteiger partial charge in [0.15, 0.2) is 0 Å². The Hall–Kier alpha value is -0.900. The number of likely N-dealkylation sites (tertiary alicyclic amines) is 1. The summed E-state index contributed by atoms with van der Waals surface area (Å²) in [7, 11) is 0. The molecule has 3 atom stereocenters. The van der Waals surface area contributed by atoms with Crippen LogP contribution in [-0.4, -0.2) is 42.2 Å². The van der Waals surface area contributed by atoms with Crippen LogP contribution in [0.4, 0.5) is 0 Å². The lowest BCUT2D eigenvalue weighted by atomic mass is 9.90. The Kier molecular flexibility index (Phi) is 4.21. The van der Waals surface area contributed by atoms with Gasteiger partial charge in [0, 0.05) is 43.2 Å². The van der Waals surface area contributed by atoms with Crippen LogP contribution in [0.2, 0.25) is 0 Å². The van der Waals surface area contributed by atoms with Crippen LogP contribution in [0.3, 0.4) is 0 Å². The summed E-state index contributed by atoms with van der Waals surface area (Å²) < 4.78 is 0. The first-order valence-electron chi connectivity index (χ1n) is 9.10. The average molecular weight is 299 g/mol. The fourth-order valence-corrected chi connectivity index (χ4v) is 4.51. The molecule has 1 heterocycles. The van der Waals surface area contributed by atoms with Crippen molar-refractivity contribution in [1.82, 2.24) is 10.2 Å². The summed E-state index contributed by atoms with van der Waals surface area (Å²) in [5, 5.41) is 3.92. The summed E-state index contributed by atoms with van der Waals surface area (Å²) in [5.41, 5.74) is 7.56. The number of hydrogen-bond acceptors (Lipinski definition) is 3. The zero-order chi connectivity index (χ0) is 14.9. The Morgan fingerprint density at radius 2 is 1.77 bits per heavy atom. The summed E-state index contributed by atoms with van der Waals surface area (Å²) in [6, 6.07) is 13.7. The van der Waals surface area contributed by atoms with Crippen molar-refractivity contribution in [3.05, 3.63) is 35.9 Å². The fraction of sp³-hybridized carbons (Fsp3) is 0.684. The third-order valence-electron chi connectivity index (χ3n) is 5.94. The predicted molar refractivity (Wildman–Crippen MR) is 90.9 cm³/mol. The normalized spacial score (nSPS) is 39.0. The van der Waals surface area contributed by atoms with Gasteiger partial charge < -0.3 is 11.1 Å². The summed E-state index contributed by atoms with van der Waals surface area (Å²) in [5.74, 6) is 0.760. The summed E-state index contributed by atoms with van der Waals surface area (Å²) >= 11 is 0. The van der Waals surface area contributed by atoms with Crippen molar-refractivity contribution in [2.24, 2.45) is 5.73 Å². The topological polar surface area (TPSA) is 41.3 Å². The number of nitrogens with zero attached hydrogens (tertiary/aromatic N) is 1. The predicted octanol–water partition coefficient (Wildman–Crippen LogP) is 2.48. The fourth-order valence-electron chi connectivity index (χ4n) is 4.51. The second kappa shape index (κ2) is 6.31. The molecule has 3 fully saturated rings. The van der Waals surface area contributed by atoms with Gasteiger partial charge in [0.1, 0.15) is 0 Å². The SMILES string of the molecule is N[C@@H]1CCN(C2CCC(NC3CC3c3ccccc3)CC2)C1. The van der Waals surface area contributed by atoms with Gasteiger partial charge >= 0.3 is 0 Å². The Morgan fingerprint density at radius 1 is 1.00 bits per heavy atom. The van der Waals surface area contributed by atoms with Gasteiger partial charge in [-0.15, -0.1) is 0 Å². The highest BCUT2D eigenvalue weighted by Gasteiger charge is 2.40. The molecular weight excluding hydrogens is 270 g/mol. The molecule has 0 radical (unpaired) electrons. The maximum atomic E-state index is 6.05. The molecule has 2 saturated carbocycles. The van der Waals surface area contributed by atoms with E-state index < -0.39 is 0 Å². The molecule has 1 saturated heterocycles. The minimum absolute atomic E-state index is 0.425. The lowest BCUT2D eigenvalue weighted by molar-refractivity contribution is 0.171. The van der Waals surface area contributed by atoms with Crippen LogP contribution in [0, 0.1) is 0 Å². The Labute approximate surface area is 134 Å². The first kappa shape index (κ1) is 14.7. The van der Waals surface area contributed by atoms with Gasteiger partial charge in [0.2, 0.25) is 0 Å². The third-order valence-corrected chi connectivity index (χ3v) is 5.94. The number of nitrogens with two attached hydrogens (primary N) is 1. The molecule has 1 aliphatic heterocycles. The molecule has 3 aliphatic rings. The minimum atomic E-state index is 0.425. The number of benzene rings is 1. The smallest absolute Gasteiger partial charge is 0.0180 e. The largest absolute Gasteiger partial charge is 0.326 e. The molecular formula is C19H29N3. The molecule has 120 valence electrons. The lowest BCUT2D eigenvalue weighted by Crippen LogP contribution is -2.43. The van der Waals surface area contributed by atoms with E-state index in [1.807, 2.05) is 0 Å². The molecule has 0 aromatic heterocycles. The van der Waals surface area contributed by atoms with E-state index in [2.05, 4.69) is 40.5 Å².